The monoisotopic (exact) mass is 444 g/mol. The number of amides is 1. The normalized spacial score (nSPS) is 12.5. The Bertz CT molecular complexity index is 1230. The highest BCUT2D eigenvalue weighted by Crippen LogP contribution is 2.25. The van der Waals surface area contributed by atoms with Crippen LogP contribution >= 0.6 is 12.2 Å². The van der Waals surface area contributed by atoms with Crippen LogP contribution in [0.25, 0.3) is 10.9 Å². The Morgan fingerprint density at radius 1 is 1.12 bits per heavy atom. The molecule has 0 saturated heterocycles. The molecule has 0 unspecified atom stereocenters. The zero-order chi connectivity index (χ0) is 22.5. The van der Waals surface area contributed by atoms with Gasteiger partial charge >= 0.3 is 0 Å². The largest absolute Gasteiger partial charge is 0.471 e. The van der Waals surface area contributed by atoms with E-state index in [2.05, 4.69) is 27.2 Å². The molecule has 1 aromatic heterocycles. The van der Waals surface area contributed by atoms with Crippen molar-refractivity contribution >= 4 is 45.6 Å². The minimum Gasteiger partial charge on any atom is -0.471 e. The van der Waals surface area contributed by atoms with E-state index in [4.69, 9.17) is 23.4 Å². The number of aryl methyl sites for hydroxylation is 1. The SMILES string of the molecule is C#CC[n+]1c2c(cc3cc(NC(=O)c4cccc(NC(=S)OCC)c4)ccc31)CCCC2. The van der Waals surface area contributed by atoms with Gasteiger partial charge in [0.15, 0.2) is 5.69 Å². The van der Waals surface area contributed by atoms with Gasteiger partial charge in [-0.2, -0.15) is 4.57 Å². The van der Waals surface area contributed by atoms with Gasteiger partial charge in [0, 0.05) is 40.4 Å². The first-order chi connectivity index (χ1) is 15.6. The van der Waals surface area contributed by atoms with E-state index in [9.17, 15) is 4.79 Å². The number of benzene rings is 2. The Morgan fingerprint density at radius 3 is 2.75 bits per heavy atom. The van der Waals surface area contributed by atoms with Crippen molar-refractivity contribution in [2.75, 3.05) is 17.2 Å². The van der Waals surface area contributed by atoms with Crippen LogP contribution in [0.5, 0.6) is 0 Å². The molecular weight excluding hydrogens is 418 g/mol. The molecule has 0 fully saturated rings. The van der Waals surface area contributed by atoms with E-state index in [1.165, 1.54) is 24.1 Å². The molecule has 1 aliphatic carbocycles. The van der Waals surface area contributed by atoms with E-state index in [1.54, 1.807) is 18.2 Å². The van der Waals surface area contributed by atoms with Gasteiger partial charge < -0.3 is 15.4 Å². The molecule has 1 heterocycles. The second-order valence-corrected chi connectivity index (χ2v) is 8.14. The molecule has 0 saturated carbocycles. The smallest absolute Gasteiger partial charge is 0.261 e. The van der Waals surface area contributed by atoms with Crippen LogP contribution in [0.2, 0.25) is 0 Å². The average molecular weight is 445 g/mol. The molecule has 0 radical (unpaired) electrons. The highest BCUT2D eigenvalue weighted by atomic mass is 32.1. The summed E-state index contributed by atoms with van der Waals surface area (Å²) < 4.78 is 7.50. The number of hydrogen-bond donors (Lipinski definition) is 2. The van der Waals surface area contributed by atoms with Crippen LogP contribution in [-0.4, -0.2) is 17.7 Å². The summed E-state index contributed by atoms with van der Waals surface area (Å²) in [5, 5.41) is 7.35. The molecule has 2 aromatic carbocycles. The van der Waals surface area contributed by atoms with Crippen LogP contribution in [0.1, 0.15) is 41.4 Å². The summed E-state index contributed by atoms with van der Waals surface area (Å²) in [6.07, 6.45) is 10.2. The van der Waals surface area contributed by atoms with Crippen LogP contribution in [0.4, 0.5) is 11.4 Å². The summed E-state index contributed by atoms with van der Waals surface area (Å²) in [6, 6.07) is 15.4. The van der Waals surface area contributed by atoms with E-state index in [0.717, 1.165) is 29.4 Å². The number of carbonyl (C=O) groups is 1. The average Bonchev–Trinajstić information content (AvgIpc) is 2.79. The van der Waals surface area contributed by atoms with E-state index < -0.39 is 0 Å². The van der Waals surface area contributed by atoms with Crippen molar-refractivity contribution in [1.29, 1.82) is 0 Å². The van der Waals surface area contributed by atoms with Crippen molar-refractivity contribution in [2.24, 2.45) is 0 Å². The third kappa shape index (κ3) is 4.74. The molecule has 0 atom stereocenters. The minimum atomic E-state index is -0.190. The molecule has 1 aliphatic rings. The van der Waals surface area contributed by atoms with E-state index in [-0.39, 0.29) is 11.1 Å². The second-order valence-electron chi connectivity index (χ2n) is 7.77. The third-order valence-electron chi connectivity index (χ3n) is 5.61. The number of ether oxygens (including phenoxy) is 1. The lowest BCUT2D eigenvalue weighted by Gasteiger charge is -2.16. The summed E-state index contributed by atoms with van der Waals surface area (Å²) in [4.78, 5) is 12.9. The van der Waals surface area contributed by atoms with Gasteiger partial charge in [0.1, 0.15) is 0 Å². The maximum Gasteiger partial charge on any atom is 0.261 e. The fourth-order valence-electron chi connectivity index (χ4n) is 4.20. The van der Waals surface area contributed by atoms with Crippen LogP contribution in [0.15, 0.2) is 48.5 Å². The fourth-order valence-corrected chi connectivity index (χ4v) is 4.44. The van der Waals surface area contributed by atoms with Gasteiger partial charge in [-0.25, -0.2) is 0 Å². The molecule has 6 heteroatoms. The first-order valence-corrected chi connectivity index (χ1v) is 11.3. The molecule has 2 N–H and O–H groups in total. The fraction of sp³-hybridized carbons (Fsp3) is 0.269. The maximum atomic E-state index is 12.9. The molecule has 1 amide bonds. The highest BCUT2D eigenvalue weighted by Gasteiger charge is 2.23. The number of rotatable bonds is 5. The maximum absolute atomic E-state index is 12.9. The Labute approximate surface area is 193 Å². The predicted molar refractivity (Wildman–Crippen MR) is 132 cm³/mol. The molecule has 3 aromatic rings. The van der Waals surface area contributed by atoms with Crippen LogP contribution in [0.3, 0.4) is 0 Å². The van der Waals surface area contributed by atoms with Gasteiger partial charge in [-0.05, 0) is 80.7 Å². The molecule has 5 nitrogen and oxygen atoms in total. The lowest BCUT2D eigenvalue weighted by molar-refractivity contribution is -0.667. The van der Waals surface area contributed by atoms with Gasteiger partial charge in [0.05, 0.1) is 6.61 Å². The zero-order valence-electron chi connectivity index (χ0n) is 18.1. The number of hydrogen-bond acceptors (Lipinski definition) is 3. The van der Waals surface area contributed by atoms with E-state index >= 15 is 0 Å². The lowest BCUT2D eigenvalue weighted by Crippen LogP contribution is -2.41. The zero-order valence-corrected chi connectivity index (χ0v) is 18.9. The molecule has 162 valence electrons. The number of terminal acetylenes is 1. The number of nitrogens with one attached hydrogen (secondary N) is 2. The Kier molecular flexibility index (Phi) is 6.67. The molecule has 0 bridgehead atoms. The number of fused-ring (bicyclic) bond motifs is 2. The predicted octanol–water partition coefficient (Wildman–Crippen LogP) is 4.62. The van der Waals surface area contributed by atoms with Crippen molar-refractivity contribution in [3.05, 3.63) is 65.4 Å². The highest BCUT2D eigenvalue weighted by molar-refractivity contribution is 7.80. The Balaban J connectivity index is 1.59. The van der Waals surface area contributed by atoms with Crippen molar-refractivity contribution in [1.82, 2.24) is 0 Å². The number of anilines is 2. The van der Waals surface area contributed by atoms with Crippen molar-refractivity contribution in [3.8, 4) is 12.3 Å². The number of aromatic nitrogens is 1. The van der Waals surface area contributed by atoms with Crippen LogP contribution in [0, 0.1) is 12.3 Å². The summed E-state index contributed by atoms with van der Waals surface area (Å²) in [7, 11) is 0. The van der Waals surface area contributed by atoms with Crippen molar-refractivity contribution < 1.29 is 14.1 Å². The number of thiocarbonyl (C=S) groups is 1. The summed E-state index contributed by atoms with van der Waals surface area (Å²) in [6.45, 7) is 2.90. The molecule has 0 spiro atoms. The van der Waals surface area contributed by atoms with E-state index in [0.29, 0.717) is 24.4 Å². The van der Waals surface area contributed by atoms with Gasteiger partial charge in [-0.15, -0.1) is 6.42 Å². The third-order valence-corrected chi connectivity index (χ3v) is 5.83. The molecule has 0 aliphatic heterocycles. The number of nitrogens with zero attached hydrogens (tertiary/aromatic N) is 1. The van der Waals surface area contributed by atoms with Gasteiger partial charge in [0.2, 0.25) is 12.1 Å². The Hall–Kier alpha value is -3.43. The first-order valence-electron chi connectivity index (χ1n) is 10.9. The van der Waals surface area contributed by atoms with Crippen molar-refractivity contribution in [3.63, 3.8) is 0 Å². The van der Waals surface area contributed by atoms with Gasteiger partial charge in [0.25, 0.3) is 11.1 Å². The van der Waals surface area contributed by atoms with Gasteiger partial charge in [-0.1, -0.05) is 6.07 Å². The number of carbonyl (C=O) groups excluding carboxylic acids is 1. The van der Waals surface area contributed by atoms with Crippen LogP contribution in [-0.2, 0) is 24.1 Å². The second kappa shape index (κ2) is 9.80. The summed E-state index contributed by atoms with van der Waals surface area (Å²) in [5.74, 6) is 2.60. The van der Waals surface area contributed by atoms with Crippen LogP contribution < -0.4 is 15.2 Å². The number of pyridine rings is 1. The minimum absolute atomic E-state index is 0.190. The standard InChI is InChI=1S/C26H25N3O2S/c1-3-14-29-23-11-6-5-8-18(23)15-20-17-22(12-13-24(20)29)27-25(30)19-9-7-10-21(16-19)28-26(32)31-4-2/h1,7,9-10,12-13,15-17H,4-6,8,11,14H2,2H3,(H-,27,28,30,32)/p+1. The molecular formula is C26H26N3O2S+. The quantitative estimate of drug-likeness (QED) is 0.342. The topological polar surface area (TPSA) is 54.2 Å². The lowest BCUT2D eigenvalue weighted by atomic mass is 9.94. The summed E-state index contributed by atoms with van der Waals surface area (Å²) >= 11 is 5.12. The summed E-state index contributed by atoms with van der Waals surface area (Å²) in [5.41, 5.74) is 5.77. The molecule has 32 heavy (non-hydrogen) atoms. The van der Waals surface area contributed by atoms with E-state index in [1.807, 2.05) is 31.2 Å². The first kappa shape index (κ1) is 21.8. The van der Waals surface area contributed by atoms with Crippen molar-refractivity contribution in [2.45, 2.75) is 39.2 Å². The van der Waals surface area contributed by atoms with Gasteiger partial charge in [-0.3, -0.25) is 4.79 Å². The Morgan fingerprint density at radius 2 is 1.94 bits per heavy atom. The molecule has 4 rings (SSSR count).